The van der Waals surface area contributed by atoms with Gasteiger partial charge in [0, 0.05) is 10.7 Å². The smallest absolute Gasteiger partial charge is 0.308 e. The Morgan fingerprint density at radius 3 is 2.03 bits per heavy atom. The molecule has 1 amide bonds. The van der Waals surface area contributed by atoms with E-state index < -0.39 is 56.8 Å². The number of halogens is 2. The summed E-state index contributed by atoms with van der Waals surface area (Å²) < 4.78 is 69.0. The number of rotatable bonds is 10. The van der Waals surface area contributed by atoms with E-state index in [2.05, 4.69) is 10.0 Å². The number of benzene rings is 3. The third-order valence-electron chi connectivity index (χ3n) is 4.90. The van der Waals surface area contributed by atoms with Crippen molar-refractivity contribution in [3.05, 3.63) is 89.2 Å². The maximum Gasteiger partial charge on any atom is 0.308 e. The Hall–Kier alpha value is -3.36. The Morgan fingerprint density at radius 2 is 1.46 bits per heavy atom. The van der Waals surface area contributed by atoms with Crippen LogP contribution in [0.3, 0.4) is 0 Å². The number of hydrogen-bond donors (Lipinski definition) is 3. The van der Waals surface area contributed by atoms with E-state index in [1.807, 2.05) is 0 Å². The lowest BCUT2D eigenvalue weighted by Gasteiger charge is -2.19. The van der Waals surface area contributed by atoms with Crippen molar-refractivity contribution in [1.29, 1.82) is 0 Å². The van der Waals surface area contributed by atoms with Gasteiger partial charge < -0.3 is 10.1 Å². The van der Waals surface area contributed by atoms with Crippen LogP contribution in [0, 0.1) is 5.82 Å². The second-order valence-electron chi connectivity index (χ2n) is 7.66. The highest BCUT2D eigenvalue weighted by molar-refractivity contribution is 7.89. The predicted molar refractivity (Wildman–Crippen MR) is 133 cm³/mol. The predicted octanol–water partition coefficient (Wildman–Crippen LogP) is 2.72. The number of nitrogens with two attached hydrogens (primary N) is 1. The fourth-order valence-electron chi connectivity index (χ4n) is 3.09. The molecule has 3 rings (SSSR count). The van der Waals surface area contributed by atoms with Crippen molar-refractivity contribution in [2.75, 3.05) is 11.9 Å². The zero-order valence-electron chi connectivity index (χ0n) is 18.9. The summed E-state index contributed by atoms with van der Waals surface area (Å²) in [5.74, 6) is -2.19. The van der Waals surface area contributed by atoms with Gasteiger partial charge in [-0.15, -0.1) is 0 Å². The van der Waals surface area contributed by atoms with Gasteiger partial charge in [-0.05, 0) is 66.2 Å². The lowest BCUT2D eigenvalue weighted by atomic mass is 10.1. The van der Waals surface area contributed by atoms with Gasteiger partial charge in [-0.2, -0.15) is 0 Å². The zero-order valence-corrected chi connectivity index (χ0v) is 21.3. The van der Waals surface area contributed by atoms with Crippen LogP contribution in [-0.4, -0.2) is 35.3 Å². The van der Waals surface area contributed by atoms with Gasteiger partial charge in [-0.25, -0.2) is 31.1 Å². The molecule has 14 heteroatoms. The number of primary sulfonamides is 1. The monoisotopic (exact) mass is 569 g/mol. The number of carbonyl (C=O) groups excluding carboxylic acids is 2. The molecule has 0 unspecified atom stereocenters. The fraction of sp³-hybridized carbons (Fsp3) is 0.130. The molecule has 0 aliphatic rings. The Kier molecular flexibility index (Phi) is 8.99. The highest BCUT2D eigenvalue weighted by Crippen LogP contribution is 2.22. The fourth-order valence-corrected chi connectivity index (χ4v) is 4.95. The molecule has 0 aliphatic carbocycles. The number of hydrogen-bond acceptors (Lipinski definition) is 7. The number of amides is 1. The van der Waals surface area contributed by atoms with Crippen molar-refractivity contribution in [2.45, 2.75) is 22.3 Å². The van der Waals surface area contributed by atoms with Crippen molar-refractivity contribution >= 4 is 49.2 Å². The summed E-state index contributed by atoms with van der Waals surface area (Å²) in [5, 5.41) is 7.76. The van der Waals surface area contributed by atoms with Crippen molar-refractivity contribution < 1.29 is 35.6 Å². The molecule has 0 bridgehead atoms. The minimum absolute atomic E-state index is 0.106. The Balaban J connectivity index is 1.66. The van der Waals surface area contributed by atoms with Gasteiger partial charge in [-0.1, -0.05) is 23.7 Å². The largest absolute Gasteiger partial charge is 0.456 e. The summed E-state index contributed by atoms with van der Waals surface area (Å²) in [6.45, 7) is -0.699. The van der Waals surface area contributed by atoms with Gasteiger partial charge in [0.1, 0.15) is 5.82 Å². The Labute approximate surface area is 217 Å². The van der Waals surface area contributed by atoms with E-state index in [4.69, 9.17) is 21.5 Å². The van der Waals surface area contributed by atoms with Crippen molar-refractivity contribution in [1.82, 2.24) is 4.72 Å². The lowest BCUT2D eigenvalue weighted by Crippen LogP contribution is -2.31. The summed E-state index contributed by atoms with van der Waals surface area (Å²) in [6.07, 6.45) is -0.505. The van der Waals surface area contributed by atoms with E-state index in [1.54, 1.807) is 0 Å². The van der Waals surface area contributed by atoms with Crippen LogP contribution in [-0.2, 0) is 34.4 Å². The van der Waals surface area contributed by atoms with Crippen molar-refractivity contribution in [3.8, 4) is 0 Å². The SMILES string of the molecule is NS(=O)(=O)c1ccc(NC(=O)COC(=O)C[C@H](NS(=O)(=O)c2ccc(Cl)cc2)c2ccc(F)cc2)cc1. The molecule has 0 spiro atoms. The lowest BCUT2D eigenvalue weighted by molar-refractivity contribution is -0.147. The minimum Gasteiger partial charge on any atom is -0.456 e. The van der Waals surface area contributed by atoms with Gasteiger partial charge in [0.05, 0.1) is 22.3 Å². The molecule has 0 radical (unpaired) electrons. The van der Waals surface area contributed by atoms with Crippen molar-refractivity contribution in [2.24, 2.45) is 5.14 Å². The Bertz CT molecular complexity index is 1480. The van der Waals surface area contributed by atoms with Gasteiger partial charge >= 0.3 is 5.97 Å². The van der Waals surface area contributed by atoms with Crippen LogP contribution in [0.4, 0.5) is 10.1 Å². The molecule has 4 N–H and O–H groups in total. The zero-order chi connectivity index (χ0) is 27.2. The maximum atomic E-state index is 13.4. The topological polar surface area (TPSA) is 162 Å². The number of anilines is 1. The molecule has 0 saturated heterocycles. The molecule has 3 aromatic rings. The first-order valence-electron chi connectivity index (χ1n) is 10.5. The summed E-state index contributed by atoms with van der Waals surface area (Å²) in [4.78, 5) is 24.3. The van der Waals surface area contributed by atoms with Crippen LogP contribution in [0.15, 0.2) is 82.6 Å². The molecule has 3 aromatic carbocycles. The van der Waals surface area contributed by atoms with Gasteiger partial charge in [0.15, 0.2) is 6.61 Å². The van der Waals surface area contributed by atoms with E-state index >= 15 is 0 Å². The molecule has 0 saturated carbocycles. The van der Waals surface area contributed by atoms with Crippen LogP contribution in [0.2, 0.25) is 5.02 Å². The number of nitrogens with one attached hydrogen (secondary N) is 2. The van der Waals surface area contributed by atoms with Gasteiger partial charge in [0.25, 0.3) is 5.91 Å². The number of esters is 1. The second kappa shape index (κ2) is 11.8. The van der Waals surface area contributed by atoms with Crippen LogP contribution < -0.4 is 15.2 Å². The Morgan fingerprint density at radius 1 is 0.892 bits per heavy atom. The van der Waals surface area contributed by atoms with Crippen molar-refractivity contribution in [3.63, 3.8) is 0 Å². The molecule has 37 heavy (non-hydrogen) atoms. The summed E-state index contributed by atoms with van der Waals surface area (Å²) in [5.41, 5.74) is 0.517. The number of carbonyl (C=O) groups is 2. The molecular weight excluding hydrogens is 549 g/mol. The number of sulfonamides is 2. The summed E-state index contributed by atoms with van der Waals surface area (Å²) in [7, 11) is -8.00. The van der Waals surface area contributed by atoms with E-state index in [0.29, 0.717) is 5.02 Å². The molecule has 0 heterocycles. The third kappa shape index (κ3) is 8.33. The normalized spacial score (nSPS) is 12.5. The van der Waals surface area contributed by atoms with Crippen LogP contribution in [0.25, 0.3) is 0 Å². The molecule has 1 atom stereocenters. The minimum atomic E-state index is -4.11. The highest BCUT2D eigenvalue weighted by atomic mass is 35.5. The van der Waals surface area contributed by atoms with Crippen LogP contribution in [0.5, 0.6) is 0 Å². The highest BCUT2D eigenvalue weighted by Gasteiger charge is 2.25. The molecular formula is C23H21ClFN3O7S2. The van der Waals surface area contributed by atoms with E-state index in [0.717, 1.165) is 12.1 Å². The second-order valence-corrected chi connectivity index (χ2v) is 11.4. The first-order chi connectivity index (χ1) is 17.3. The summed E-state index contributed by atoms with van der Waals surface area (Å²) >= 11 is 5.81. The van der Waals surface area contributed by atoms with E-state index in [-0.39, 0.29) is 21.0 Å². The molecule has 196 valence electrons. The first kappa shape index (κ1) is 28.2. The molecule has 0 aliphatic heterocycles. The molecule has 10 nitrogen and oxygen atoms in total. The standard InChI is InChI=1S/C23H21ClFN3O7S2/c24-16-3-9-20(10-4-16)37(33,34)28-21(15-1-5-17(25)6-2-15)13-23(30)35-14-22(29)27-18-7-11-19(12-8-18)36(26,31)32/h1-12,21,28H,13-14H2,(H,27,29)(H2,26,31,32)/t21-/m0/s1. The first-order valence-corrected chi connectivity index (χ1v) is 13.9. The van der Waals surface area contributed by atoms with E-state index in [9.17, 15) is 30.8 Å². The molecule has 0 fully saturated rings. The van der Waals surface area contributed by atoms with Crippen LogP contribution >= 0.6 is 11.6 Å². The quantitative estimate of drug-likeness (QED) is 0.316. The third-order valence-corrected chi connectivity index (χ3v) is 7.56. The average molecular weight is 570 g/mol. The maximum absolute atomic E-state index is 13.4. The van der Waals surface area contributed by atoms with Gasteiger partial charge in [0.2, 0.25) is 20.0 Å². The van der Waals surface area contributed by atoms with Crippen LogP contribution in [0.1, 0.15) is 18.0 Å². The van der Waals surface area contributed by atoms with Gasteiger partial charge in [-0.3, -0.25) is 9.59 Å². The van der Waals surface area contributed by atoms with E-state index in [1.165, 1.54) is 60.7 Å². The average Bonchev–Trinajstić information content (AvgIpc) is 2.83. The summed E-state index contributed by atoms with van der Waals surface area (Å²) in [6, 6.07) is 14.0. The molecule has 0 aromatic heterocycles. The number of ether oxygens (including phenoxy) is 1.